The molecule has 1 aliphatic rings. The van der Waals surface area contributed by atoms with Crippen LogP contribution in [0.1, 0.15) is 29.9 Å². The molecule has 0 unspecified atom stereocenters. The molecular weight excluding hydrogens is 298 g/mol. The Morgan fingerprint density at radius 1 is 1.39 bits per heavy atom. The van der Waals surface area contributed by atoms with Crippen LogP contribution in [-0.4, -0.2) is 45.8 Å². The number of rotatable bonds is 3. The maximum absolute atomic E-state index is 12.6. The quantitative estimate of drug-likeness (QED) is 0.931. The SMILES string of the molecule is CO[C@@H]1C[C@H](c2nc(C)no2)N(C(=O)Nc2cccc(C)n2)C1. The summed E-state index contributed by atoms with van der Waals surface area (Å²) in [6.07, 6.45) is 0.552. The van der Waals surface area contributed by atoms with Crippen molar-refractivity contribution in [2.45, 2.75) is 32.4 Å². The van der Waals surface area contributed by atoms with Gasteiger partial charge in [0.05, 0.1) is 6.10 Å². The Kier molecular flexibility index (Phi) is 4.24. The molecule has 0 bridgehead atoms. The van der Waals surface area contributed by atoms with E-state index < -0.39 is 0 Å². The van der Waals surface area contributed by atoms with E-state index in [1.807, 2.05) is 19.1 Å². The minimum atomic E-state index is -0.300. The number of aromatic nitrogens is 3. The highest BCUT2D eigenvalue weighted by atomic mass is 16.5. The largest absolute Gasteiger partial charge is 0.380 e. The summed E-state index contributed by atoms with van der Waals surface area (Å²) in [4.78, 5) is 22.8. The van der Waals surface area contributed by atoms with Crippen LogP contribution >= 0.6 is 0 Å². The minimum Gasteiger partial charge on any atom is -0.380 e. The van der Waals surface area contributed by atoms with Gasteiger partial charge in [0.15, 0.2) is 5.82 Å². The number of aryl methyl sites for hydroxylation is 2. The number of nitrogens with zero attached hydrogens (tertiary/aromatic N) is 4. The van der Waals surface area contributed by atoms with Crippen LogP contribution in [0.5, 0.6) is 0 Å². The van der Waals surface area contributed by atoms with Crippen LogP contribution in [0.2, 0.25) is 0 Å². The fourth-order valence-electron chi connectivity index (χ4n) is 2.67. The summed E-state index contributed by atoms with van der Waals surface area (Å²) in [5.74, 6) is 1.48. The fraction of sp³-hybridized carbons (Fsp3) is 0.467. The number of urea groups is 1. The molecule has 1 N–H and O–H groups in total. The van der Waals surface area contributed by atoms with Crippen molar-refractivity contribution in [3.63, 3.8) is 0 Å². The molecule has 0 spiro atoms. The highest BCUT2D eigenvalue weighted by molar-refractivity contribution is 5.88. The third-order valence-electron chi connectivity index (χ3n) is 3.81. The molecule has 3 rings (SSSR count). The van der Waals surface area contributed by atoms with Gasteiger partial charge in [0.1, 0.15) is 11.9 Å². The van der Waals surface area contributed by atoms with E-state index in [0.717, 1.165) is 5.69 Å². The molecule has 2 aromatic heterocycles. The Bertz CT molecular complexity index is 702. The van der Waals surface area contributed by atoms with Gasteiger partial charge in [0, 0.05) is 25.8 Å². The monoisotopic (exact) mass is 317 g/mol. The van der Waals surface area contributed by atoms with E-state index in [4.69, 9.17) is 9.26 Å². The van der Waals surface area contributed by atoms with Gasteiger partial charge in [-0.2, -0.15) is 4.98 Å². The Morgan fingerprint density at radius 2 is 2.22 bits per heavy atom. The van der Waals surface area contributed by atoms with E-state index in [1.165, 1.54) is 0 Å². The van der Waals surface area contributed by atoms with E-state index in [2.05, 4.69) is 20.4 Å². The average molecular weight is 317 g/mol. The van der Waals surface area contributed by atoms with Crippen molar-refractivity contribution in [2.24, 2.45) is 0 Å². The van der Waals surface area contributed by atoms with E-state index in [-0.39, 0.29) is 18.2 Å². The lowest BCUT2D eigenvalue weighted by molar-refractivity contribution is 0.111. The lowest BCUT2D eigenvalue weighted by Crippen LogP contribution is -2.36. The van der Waals surface area contributed by atoms with Gasteiger partial charge in [-0.05, 0) is 26.0 Å². The zero-order chi connectivity index (χ0) is 16.4. The molecule has 3 heterocycles. The summed E-state index contributed by atoms with van der Waals surface area (Å²) in [5, 5.41) is 6.61. The third-order valence-corrected chi connectivity index (χ3v) is 3.81. The molecule has 1 saturated heterocycles. The van der Waals surface area contributed by atoms with E-state index in [9.17, 15) is 4.79 Å². The Labute approximate surface area is 133 Å². The number of pyridine rings is 1. The summed E-state index contributed by atoms with van der Waals surface area (Å²) in [5.41, 5.74) is 0.836. The highest BCUT2D eigenvalue weighted by Gasteiger charge is 2.39. The van der Waals surface area contributed by atoms with Gasteiger partial charge in [-0.15, -0.1) is 0 Å². The molecule has 2 atom stereocenters. The Balaban J connectivity index is 1.79. The average Bonchev–Trinajstić information content (AvgIpc) is 3.13. The second kappa shape index (κ2) is 6.33. The number of carbonyl (C=O) groups excluding carboxylic acids is 1. The Morgan fingerprint density at radius 3 is 2.87 bits per heavy atom. The topological polar surface area (TPSA) is 93.4 Å². The van der Waals surface area contributed by atoms with Crippen LogP contribution in [0.3, 0.4) is 0 Å². The molecule has 23 heavy (non-hydrogen) atoms. The van der Waals surface area contributed by atoms with Crippen molar-refractivity contribution in [3.8, 4) is 0 Å². The van der Waals surface area contributed by atoms with Crippen LogP contribution in [0, 0.1) is 13.8 Å². The van der Waals surface area contributed by atoms with E-state index in [1.54, 1.807) is 25.0 Å². The lowest BCUT2D eigenvalue weighted by Gasteiger charge is -2.21. The molecule has 8 nitrogen and oxygen atoms in total. The molecule has 1 fully saturated rings. The standard InChI is InChI=1S/C15H19N5O3/c1-9-5-4-6-13(16-9)18-15(21)20-8-11(22-3)7-12(20)14-17-10(2)19-23-14/h4-6,11-12H,7-8H2,1-3H3,(H,16,18,21)/t11-,12-/m1/s1. The first-order valence-corrected chi connectivity index (χ1v) is 7.41. The molecule has 0 saturated carbocycles. The van der Waals surface area contributed by atoms with Gasteiger partial charge >= 0.3 is 6.03 Å². The molecule has 2 amide bonds. The van der Waals surface area contributed by atoms with Gasteiger partial charge in [-0.25, -0.2) is 9.78 Å². The molecule has 2 aromatic rings. The predicted molar refractivity (Wildman–Crippen MR) is 81.9 cm³/mol. The number of likely N-dealkylation sites (tertiary alicyclic amines) is 1. The molecule has 0 radical (unpaired) electrons. The van der Waals surface area contributed by atoms with Crippen molar-refractivity contribution < 1.29 is 14.1 Å². The predicted octanol–water partition coefficient (Wildman–Crippen LogP) is 2.08. The number of hydrogen-bond donors (Lipinski definition) is 1. The number of hydrogen-bond acceptors (Lipinski definition) is 6. The first-order valence-electron chi connectivity index (χ1n) is 7.41. The normalized spacial score (nSPS) is 20.7. The van der Waals surface area contributed by atoms with Crippen LogP contribution in [0.25, 0.3) is 0 Å². The number of nitrogens with one attached hydrogen (secondary N) is 1. The van der Waals surface area contributed by atoms with Gasteiger partial charge in [0.25, 0.3) is 0 Å². The van der Waals surface area contributed by atoms with Gasteiger partial charge in [-0.3, -0.25) is 5.32 Å². The van der Waals surface area contributed by atoms with Crippen LogP contribution in [0.15, 0.2) is 22.7 Å². The number of ether oxygens (including phenoxy) is 1. The highest BCUT2D eigenvalue weighted by Crippen LogP contribution is 2.32. The van der Waals surface area contributed by atoms with E-state index in [0.29, 0.717) is 30.5 Å². The second-order valence-electron chi connectivity index (χ2n) is 5.54. The van der Waals surface area contributed by atoms with Crippen molar-refractivity contribution >= 4 is 11.8 Å². The van der Waals surface area contributed by atoms with Gasteiger partial charge in [0.2, 0.25) is 5.89 Å². The van der Waals surface area contributed by atoms with Gasteiger partial charge in [-0.1, -0.05) is 11.2 Å². The van der Waals surface area contributed by atoms with Crippen molar-refractivity contribution in [1.29, 1.82) is 0 Å². The molecule has 1 aliphatic heterocycles. The number of carbonyl (C=O) groups is 1. The summed E-state index contributed by atoms with van der Waals surface area (Å²) < 4.78 is 10.6. The summed E-state index contributed by atoms with van der Waals surface area (Å²) >= 11 is 0. The Hall–Kier alpha value is -2.48. The molecule has 8 heteroatoms. The molecular formula is C15H19N5O3. The van der Waals surface area contributed by atoms with Gasteiger partial charge < -0.3 is 14.2 Å². The zero-order valence-corrected chi connectivity index (χ0v) is 13.3. The van der Waals surface area contributed by atoms with Crippen LogP contribution in [-0.2, 0) is 4.74 Å². The first-order chi connectivity index (χ1) is 11.1. The van der Waals surface area contributed by atoms with Crippen molar-refractivity contribution in [3.05, 3.63) is 35.6 Å². The summed E-state index contributed by atoms with van der Waals surface area (Å²) in [7, 11) is 1.63. The number of anilines is 1. The molecule has 122 valence electrons. The van der Waals surface area contributed by atoms with Crippen LogP contribution in [0.4, 0.5) is 10.6 Å². The maximum Gasteiger partial charge on any atom is 0.323 e. The fourth-order valence-corrected chi connectivity index (χ4v) is 2.67. The number of methoxy groups -OCH3 is 1. The minimum absolute atomic E-state index is 0.0663. The first kappa shape index (κ1) is 15.4. The summed E-state index contributed by atoms with van der Waals surface area (Å²) in [6, 6.07) is 4.91. The third kappa shape index (κ3) is 3.31. The van der Waals surface area contributed by atoms with Crippen molar-refractivity contribution in [2.75, 3.05) is 19.0 Å². The molecule has 0 aliphatic carbocycles. The van der Waals surface area contributed by atoms with E-state index >= 15 is 0 Å². The summed E-state index contributed by atoms with van der Waals surface area (Å²) in [6.45, 7) is 4.08. The zero-order valence-electron chi connectivity index (χ0n) is 13.3. The molecule has 0 aromatic carbocycles. The van der Waals surface area contributed by atoms with Crippen molar-refractivity contribution in [1.82, 2.24) is 20.0 Å². The number of amides is 2. The lowest BCUT2D eigenvalue weighted by atomic mass is 10.2. The van der Waals surface area contributed by atoms with Crippen LogP contribution < -0.4 is 5.32 Å². The smallest absolute Gasteiger partial charge is 0.323 e. The maximum atomic E-state index is 12.6. The second-order valence-corrected chi connectivity index (χ2v) is 5.54.